The molecule has 1 amide bonds. The molecule has 1 spiro atoms. The minimum absolute atomic E-state index is 0.0788. The molecule has 25 heavy (non-hydrogen) atoms. The van der Waals surface area contributed by atoms with Crippen LogP contribution in [0.3, 0.4) is 0 Å². The zero-order valence-electron chi connectivity index (χ0n) is 15.8. The maximum absolute atomic E-state index is 11.8. The number of piperidine rings is 1. The highest BCUT2D eigenvalue weighted by Crippen LogP contribution is 2.33. The molecule has 0 aromatic carbocycles. The standard InChI is InChI=1S/C18H31N5O2/c1-15-9-16(21(3)20-15)10-22-6-4-5-18(12-22)13-23(7-8-25-14-18)11-17(24)19-2/h9H,4-8,10-14H2,1-3H3,(H,19,24). The second kappa shape index (κ2) is 7.85. The van der Waals surface area contributed by atoms with Crippen LogP contribution in [0.1, 0.15) is 24.2 Å². The van der Waals surface area contributed by atoms with Gasteiger partial charge in [-0.25, -0.2) is 0 Å². The quantitative estimate of drug-likeness (QED) is 0.852. The van der Waals surface area contributed by atoms with E-state index in [2.05, 4.69) is 26.3 Å². The summed E-state index contributed by atoms with van der Waals surface area (Å²) in [5.74, 6) is 0.0788. The number of hydrogen-bond acceptors (Lipinski definition) is 5. The molecule has 1 atom stereocenters. The minimum Gasteiger partial charge on any atom is -0.379 e. The molecule has 7 nitrogen and oxygen atoms in total. The van der Waals surface area contributed by atoms with Crippen molar-refractivity contribution in [3.63, 3.8) is 0 Å². The normalized spacial score (nSPS) is 25.9. The van der Waals surface area contributed by atoms with Crippen molar-refractivity contribution in [1.29, 1.82) is 0 Å². The Bertz CT molecular complexity index is 602. The first-order valence-electron chi connectivity index (χ1n) is 9.22. The lowest BCUT2D eigenvalue weighted by molar-refractivity contribution is -0.122. The van der Waals surface area contributed by atoms with Crippen molar-refractivity contribution >= 4 is 5.91 Å². The van der Waals surface area contributed by atoms with Crippen LogP contribution in [0.15, 0.2) is 6.07 Å². The highest BCUT2D eigenvalue weighted by molar-refractivity contribution is 5.77. The fourth-order valence-electron chi connectivity index (χ4n) is 4.23. The lowest BCUT2D eigenvalue weighted by Crippen LogP contribution is -2.51. The number of nitrogens with one attached hydrogen (secondary N) is 1. The van der Waals surface area contributed by atoms with Gasteiger partial charge >= 0.3 is 0 Å². The first-order chi connectivity index (χ1) is 12.0. The Morgan fingerprint density at radius 3 is 2.88 bits per heavy atom. The highest BCUT2D eigenvalue weighted by atomic mass is 16.5. The third kappa shape index (κ3) is 4.59. The predicted molar refractivity (Wildman–Crippen MR) is 96.2 cm³/mol. The number of likely N-dealkylation sites (N-methyl/N-ethyl adjacent to an activating group) is 1. The van der Waals surface area contributed by atoms with Gasteiger partial charge in [-0.3, -0.25) is 19.3 Å². The van der Waals surface area contributed by atoms with Gasteiger partial charge < -0.3 is 10.1 Å². The third-order valence-corrected chi connectivity index (χ3v) is 5.39. The highest BCUT2D eigenvalue weighted by Gasteiger charge is 2.39. The van der Waals surface area contributed by atoms with E-state index in [-0.39, 0.29) is 11.3 Å². The van der Waals surface area contributed by atoms with Gasteiger partial charge in [0.15, 0.2) is 0 Å². The molecular weight excluding hydrogens is 318 g/mol. The van der Waals surface area contributed by atoms with Gasteiger partial charge in [0.05, 0.1) is 31.1 Å². The van der Waals surface area contributed by atoms with E-state index in [0.717, 1.165) is 51.4 Å². The molecule has 140 valence electrons. The van der Waals surface area contributed by atoms with Crippen LogP contribution < -0.4 is 5.32 Å². The monoisotopic (exact) mass is 349 g/mol. The summed E-state index contributed by atoms with van der Waals surface area (Å²) in [6.45, 7) is 8.81. The van der Waals surface area contributed by atoms with Crippen LogP contribution in [-0.2, 0) is 23.1 Å². The number of hydrogen-bond donors (Lipinski definition) is 1. The molecule has 0 aliphatic carbocycles. The van der Waals surface area contributed by atoms with E-state index in [4.69, 9.17) is 4.74 Å². The van der Waals surface area contributed by atoms with E-state index in [1.54, 1.807) is 7.05 Å². The summed E-state index contributed by atoms with van der Waals surface area (Å²) in [5.41, 5.74) is 2.45. The second-order valence-electron chi connectivity index (χ2n) is 7.65. The van der Waals surface area contributed by atoms with Gasteiger partial charge in [0, 0.05) is 45.7 Å². The van der Waals surface area contributed by atoms with Crippen molar-refractivity contribution in [2.24, 2.45) is 12.5 Å². The van der Waals surface area contributed by atoms with Crippen LogP contribution in [0.2, 0.25) is 0 Å². The largest absolute Gasteiger partial charge is 0.379 e. The SMILES string of the molecule is CNC(=O)CN1CCOCC2(CCCN(Cc3cc(C)nn3C)C2)C1. The van der Waals surface area contributed by atoms with Crippen molar-refractivity contribution < 1.29 is 9.53 Å². The van der Waals surface area contributed by atoms with Crippen LogP contribution in [0.25, 0.3) is 0 Å². The van der Waals surface area contributed by atoms with Gasteiger partial charge in [-0.2, -0.15) is 5.10 Å². The zero-order valence-corrected chi connectivity index (χ0v) is 15.8. The lowest BCUT2D eigenvalue weighted by atomic mass is 9.80. The van der Waals surface area contributed by atoms with Gasteiger partial charge in [0.2, 0.25) is 5.91 Å². The minimum atomic E-state index is 0.0788. The molecule has 3 rings (SSSR count). The van der Waals surface area contributed by atoms with Gasteiger partial charge in [-0.1, -0.05) is 0 Å². The van der Waals surface area contributed by atoms with Crippen molar-refractivity contribution in [2.75, 3.05) is 53.0 Å². The zero-order chi connectivity index (χ0) is 17.9. The number of carbonyl (C=O) groups excluding carboxylic acids is 1. The molecule has 1 aromatic rings. The number of ether oxygens (including phenoxy) is 1. The first-order valence-corrected chi connectivity index (χ1v) is 9.22. The number of rotatable bonds is 4. The van der Waals surface area contributed by atoms with E-state index in [0.29, 0.717) is 13.2 Å². The molecule has 1 unspecified atom stereocenters. The maximum atomic E-state index is 11.8. The maximum Gasteiger partial charge on any atom is 0.233 e. The van der Waals surface area contributed by atoms with E-state index < -0.39 is 0 Å². The molecule has 1 aromatic heterocycles. The number of aromatic nitrogens is 2. The Kier molecular flexibility index (Phi) is 5.76. The molecule has 0 radical (unpaired) electrons. The first kappa shape index (κ1) is 18.4. The molecule has 2 saturated heterocycles. The van der Waals surface area contributed by atoms with Crippen LogP contribution in [0.4, 0.5) is 0 Å². The van der Waals surface area contributed by atoms with Crippen LogP contribution in [-0.4, -0.2) is 78.5 Å². The van der Waals surface area contributed by atoms with Crippen molar-refractivity contribution in [3.05, 3.63) is 17.5 Å². The molecule has 2 fully saturated rings. The molecule has 7 heteroatoms. The predicted octanol–water partition coefficient (Wildman–Crippen LogP) is 0.389. The molecule has 1 N–H and O–H groups in total. The van der Waals surface area contributed by atoms with Gasteiger partial charge in [0.25, 0.3) is 0 Å². The van der Waals surface area contributed by atoms with E-state index in [1.165, 1.54) is 12.1 Å². The molecular formula is C18H31N5O2. The fraction of sp³-hybridized carbons (Fsp3) is 0.778. The summed E-state index contributed by atoms with van der Waals surface area (Å²) in [6, 6.07) is 2.17. The Morgan fingerprint density at radius 1 is 1.36 bits per heavy atom. The topological polar surface area (TPSA) is 62.6 Å². The Balaban J connectivity index is 1.67. The molecule has 3 heterocycles. The summed E-state index contributed by atoms with van der Waals surface area (Å²) in [4.78, 5) is 16.6. The van der Waals surface area contributed by atoms with Crippen LogP contribution in [0.5, 0.6) is 0 Å². The molecule has 0 saturated carbocycles. The lowest BCUT2D eigenvalue weighted by Gasteiger charge is -2.43. The number of carbonyl (C=O) groups is 1. The van der Waals surface area contributed by atoms with Crippen molar-refractivity contribution in [2.45, 2.75) is 26.3 Å². The van der Waals surface area contributed by atoms with Crippen molar-refractivity contribution in [1.82, 2.24) is 24.9 Å². The Hall–Kier alpha value is -1.44. The number of amides is 1. The summed E-state index contributed by atoms with van der Waals surface area (Å²) >= 11 is 0. The summed E-state index contributed by atoms with van der Waals surface area (Å²) < 4.78 is 7.93. The second-order valence-corrected chi connectivity index (χ2v) is 7.65. The van der Waals surface area contributed by atoms with Crippen LogP contribution >= 0.6 is 0 Å². The van der Waals surface area contributed by atoms with Crippen molar-refractivity contribution in [3.8, 4) is 0 Å². The van der Waals surface area contributed by atoms with Gasteiger partial charge in [-0.15, -0.1) is 0 Å². The fourth-order valence-corrected chi connectivity index (χ4v) is 4.23. The van der Waals surface area contributed by atoms with E-state index >= 15 is 0 Å². The molecule has 2 aliphatic rings. The van der Waals surface area contributed by atoms with Gasteiger partial charge in [-0.05, 0) is 32.4 Å². The third-order valence-electron chi connectivity index (χ3n) is 5.39. The number of likely N-dealkylation sites (tertiary alicyclic amines) is 1. The van der Waals surface area contributed by atoms with Crippen LogP contribution in [0, 0.1) is 12.3 Å². The summed E-state index contributed by atoms with van der Waals surface area (Å²) in [5, 5.41) is 7.19. The Morgan fingerprint density at radius 2 is 2.16 bits per heavy atom. The molecule has 2 aliphatic heterocycles. The average Bonchev–Trinajstić information content (AvgIpc) is 2.77. The molecule has 0 bridgehead atoms. The summed E-state index contributed by atoms with van der Waals surface area (Å²) in [7, 11) is 3.71. The number of nitrogens with zero attached hydrogens (tertiary/aromatic N) is 4. The van der Waals surface area contributed by atoms with Gasteiger partial charge in [0.1, 0.15) is 0 Å². The summed E-state index contributed by atoms with van der Waals surface area (Å²) in [6.07, 6.45) is 2.34. The smallest absolute Gasteiger partial charge is 0.233 e. The average molecular weight is 349 g/mol. The Labute approximate surface area is 150 Å². The number of aryl methyl sites for hydroxylation is 2. The van der Waals surface area contributed by atoms with E-state index in [1.807, 2.05) is 18.7 Å². The van der Waals surface area contributed by atoms with E-state index in [9.17, 15) is 4.79 Å².